The number of hydrogen-bond acceptors (Lipinski definition) is 2. The first kappa shape index (κ1) is 10.7. The Morgan fingerprint density at radius 3 is 2.53 bits per heavy atom. The Labute approximate surface area is 103 Å². The van der Waals surface area contributed by atoms with E-state index >= 15 is 0 Å². The molecule has 0 atom stereocenters. The topological polar surface area (TPSA) is 32.5 Å². The van der Waals surface area contributed by atoms with Gasteiger partial charge in [0.15, 0.2) is 5.11 Å². The van der Waals surface area contributed by atoms with Gasteiger partial charge in [0.2, 0.25) is 0 Å². The minimum absolute atomic E-state index is 0.440. The highest BCUT2D eigenvalue weighted by Crippen LogP contribution is 2.23. The molecule has 1 aliphatic heterocycles. The summed E-state index contributed by atoms with van der Waals surface area (Å²) in [6.45, 7) is 1.88. The fraction of sp³-hybridized carbons (Fsp3) is 0.300. The number of thiocarbonyl (C=S) groups is 1. The molecule has 80 valence electrons. The molecule has 2 N–H and O–H groups in total. The summed E-state index contributed by atoms with van der Waals surface area (Å²) >= 11 is 8.43. The van der Waals surface area contributed by atoms with Crippen LogP contribution in [0.15, 0.2) is 28.7 Å². The first-order valence-electron chi connectivity index (χ1n) is 4.78. The number of nitrogens with two attached hydrogens (primary N) is 1. The number of nitrogens with zero attached hydrogens (tertiary/aromatic N) is 2. The third kappa shape index (κ3) is 2.23. The maximum absolute atomic E-state index is 5.66. The minimum Gasteiger partial charge on any atom is -0.375 e. The van der Waals surface area contributed by atoms with E-state index < -0.39 is 0 Å². The van der Waals surface area contributed by atoms with Crippen molar-refractivity contribution in [2.24, 2.45) is 5.73 Å². The molecule has 0 amide bonds. The molecular formula is C10H12BrN3S. The van der Waals surface area contributed by atoms with Gasteiger partial charge in [-0.25, -0.2) is 0 Å². The van der Waals surface area contributed by atoms with Gasteiger partial charge in [0, 0.05) is 17.6 Å². The van der Waals surface area contributed by atoms with Crippen molar-refractivity contribution in [3.8, 4) is 0 Å². The number of hydrogen-bond donors (Lipinski definition) is 1. The van der Waals surface area contributed by atoms with E-state index in [9.17, 15) is 0 Å². The predicted molar refractivity (Wildman–Crippen MR) is 69.6 cm³/mol. The van der Waals surface area contributed by atoms with Crippen molar-refractivity contribution in [2.45, 2.75) is 6.42 Å². The quantitative estimate of drug-likeness (QED) is 0.802. The molecule has 1 aliphatic rings. The average molecular weight is 286 g/mol. The second-order valence-corrected chi connectivity index (χ2v) is 4.75. The van der Waals surface area contributed by atoms with Gasteiger partial charge in [-0.15, -0.1) is 0 Å². The SMILES string of the molecule is NC(=S)N1CCCN1c1ccc(Br)cc1. The first-order valence-corrected chi connectivity index (χ1v) is 5.98. The van der Waals surface area contributed by atoms with Gasteiger partial charge in [-0.2, -0.15) is 0 Å². The van der Waals surface area contributed by atoms with Gasteiger partial charge < -0.3 is 5.73 Å². The summed E-state index contributed by atoms with van der Waals surface area (Å²) in [5, 5.41) is 4.50. The van der Waals surface area contributed by atoms with Gasteiger partial charge in [-0.1, -0.05) is 15.9 Å². The molecular weight excluding hydrogens is 274 g/mol. The zero-order valence-electron chi connectivity index (χ0n) is 8.19. The molecule has 3 nitrogen and oxygen atoms in total. The van der Waals surface area contributed by atoms with Crippen LogP contribution >= 0.6 is 28.1 Å². The molecule has 0 bridgehead atoms. The molecule has 1 saturated heterocycles. The van der Waals surface area contributed by atoms with Crippen molar-refractivity contribution < 1.29 is 0 Å². The van der Waals surface area contributed by atoms with Crippen LogP contribution in [0.25, 0.3) is 0 Å². The lowest BCUT2D eigenvalue weighted by atomic mass is 10.3. The Bertz CT molecular complexity index is 365. The molecule has 1 fully saturated rings. The summed E-state index contributed by atoms with van der Waals surface area (Å²) < 4.78 is 1.08. The van der Waals surface area contributed by atoms with Crippen LogP contribution in [0.3, 0.4) is 0 Å². The molecule has 15 heavy (non-hydrogen) atoms. The van der Waals surface area contributed by atoms with Crippen LogP contribution in [0.1, 0.15) is 6.42 Å². The second-order valence-electron chi connectivity index (χ2n) is 3.41. The number of anilines is 1. The van der Waals surface area contributed by atoms with Crippen molar-refractivity contribution in [1.29, 1.82) is 0 Å². The van der Waals surface area contributed by atoms with Gasteiger partial charge in [0.05, 0.1) is 5.69 Å². The first-order chi connectivity index (χ1) is 7.18. The third-order valence-corrected chi connectivity index (χ3v) is 3.15. The molecule has 0 aliphatic carbocycles. The Kier molecular flexibility index (Phi) is 3.11. The molecule has 1 aromatic rings. The van der Waals surface area contributed by atoms with Crippen LogP contribution in [0, 0.1) is 0 Å². The summed E-state index contributed by atoms with van der Waals surface area (Å²) in [4.78, 5) is 0. The summed E-state index contributed by atoms with van der Waals surface area (Å²) in [7, 11) is 0. The van der Waals surface area contributed by atoms with E-state index in [1.165, 1.54) is 0 Å². The highest BCUT2D eigenvalue weighted by Gasteiger charge is 2.22. The maximum Gasteiger partial charge on any atom is 0.185 e. The van der Waals surface area contributed by atoms with E-state index in [2.05, 4.69) is 33.1 Å². The van der Waals surface area contributed by atoms with E-state index in [0.29, 0.717) is 5.11 Å². The number of halogens is 1. The Balaban J connectivity index is 2.22. The number of benzene rings is 1. The van der Waals surface area contributed by atoms with Crippen LogP contribution in [-0.2, 0) is 0 Å². The average Bonchev–Trinajstić information content (AvgIpc) is 2.67. The molecule has 0 aromatic heterocycles. The van der Waals surface area contributed by atoms with Crippen LogP contribution in [0.4, 0.5) is 5.69 Å². The van der Waals surface area contributed by atoms with Crippen molar-refractivity contribution >= 4 is 38.9 Å². The molecule has 0 saturated carbocycles. The van der Waals surface area contributed by atoms with Crippen LogP contribution in [-0.4, -0.2) is 23.2 Å². The largest absolute Gasteiger partial charge is 0.375 e. The highest BCUT2D eigenvalue weighted by molar-refractivity contribution is 9.10. The summed E-state index contributed by atoms with van der Waals surface area (Å²) in [6.07, 6.45) is 1.09. The van der Waals surface area contributed by atoms with Gasteiger partial charge in [-0.05, 0) is 42.9 Å². The lowest BCUT2D eigenvalue weighted by molar-refractivity contribution is 0.482. The van der Waals surface area contributed by atoms with Crippen molar-refractivity contribution in [1.82, 2.24) is 5.01 Å². The third-order valence-electron chi connectivity index (χ3n) is 2.41. The molecule has 0 unspecified atom stereocenters. The molecule has 5 heteroatoms. The highest BCUT2D eigenvalue weighted by atomic mass is 79.9. The van der Waals surface area contributed by atoms with E-state index in [0.717, 1.165) is 29.7 Å². The number of hydrazine groups is 1. The smallest absolute Gasteiger partial charge is 0.185 e. The van der Waals surface area contributed by atoms with E-state index in [1.807, 2.05) is 17.1 Å². The second kappa shape index (κ2) is 4.37. The van der Waals surface area contributed by atoms with E-state index in [4.69, 9.17) is 18.0 Å². The Morgan fingerprint density at radius 1 is 1.27 bits per heavy atom. The standard InChI is InChI=1S/C10H12BrN3S/c11-8-2-4-9(5-3-8)13-6-1-7-14(13)10(12)15/h2-5H,1,6-7H2,(H2,12,15). The fourth-order valence-corrected chi connectivity index (χ4v) is 2.18. The lowest BCUT2D eigenvalue weighted by Gasteiger charge is -2.29. The fourth-order valence-electron chi connectivity index (χ4n) is 1.72. The minimum atomic E-state index is 0.440. The lowest BCUT2D eigenvalue weighted by Crippen LogP contribution is -2.44. The predicted octanol–water partition coefficient (Wildman–Crippen LogP) is 2.12. The number of rotatable bonds is 1. The van der Waals surface area contributed by atoms with E-state index in [1.54, 1.807) is 0 Å². The molecule has 0 spiro atoms. The Morgan fingerprint density at radius 2 is 1.93 bits per heavy atom. The van der Waals surface area contributed by atoms with Crippen molar-refractivity contribution in [2.75, 3.05) is 18.1 Å². The maximum atomic E-state index is 5.66. The summed E-state index contributed by atoms with van der Waals surface area (Å²) in [6, 6.07) is 8.15. The monoisotopic (exact) mass is 285 g/mol. The van der Waals surface area contributed by atoms with Gasteiger partial charge in [-0.3, -0.25) is 10.0 Å². The van der Waals surface area contributed by atoms with Crippen LogP contribution in [0.2, 0.25) is 0 Å². The van der Waals surface area contributed by atoms with Crippen LogP contribution in [0.5, 0.6) is 0 Å². The summed E-state index contributed by atoms with van der Waals surface area (Å²) in [5.74, 6) is 0. The van der Waals surface area contributed by atoms with Crippen molar-refractivity contribution in [3.05, 3.63) is 28.7 Å². The Hall–Kier alpha value is -0.810. The van der Waals surface area contributed by atoms with Gasteiger partial charge >= 0.3 is 0 Å². The molecule has 1 aromatic carbocycles. The van der Waals surface area contributed by atoms with Gasteiger partial charge in [0.1, 0.15) is 0 Å². The summed E-state index contributed by atoms with van der Waals surface area (Å²) in [5.41, 5.74) is 6.79. The van der Waals surface area contributed by atoms with E-state index in [-0.39, 0.29) is 0 Å². The normalized spacial score (nSPS) is 15.8. The molecule has 1 heterocycles. The molecule has 2 rings (SSSR count). The zero-order valence-corrected chi connectivity index (χ0v) is 10.6. The molecule has 0 radical (unpaired) electrons. The zero-order chi connectivity index (χ0) is 10.8. The van der Waals surface area contributed by atoms with Gasteiger partial charge in [0.25, 0.3) is 0 Å². The van der Waals surface area contributed by atoms with Crippen LogP contribution < -0.4 is 10.7 Å². The van der Waals surface area contributed by atoms with Crippen molar-refractivity contribution in [3.63, 3.8) is 0 Å².